The smallest absolute Gasteiger partial charge is 0.219 e. The van der Waals surface area contributed by atoms with Crippen LogP contribution in [0.4, 0.5) is 0 Å². The van der Waals surface area contributed by atoms with Gasteiger partial charge in [-0.3, -0.25) is 9.69 Å². The average Bonchev–Trinajstić information content (AvgIpc) is 3.05. The van der Waals surface area contributed by atoms with Crippen LogP contribution in [0.25, 0.3) is 0 Å². The van der Waals surface area contributed by atoms with E-state index >= 15 is 0 Å². The van der Waals surface area contributed by atoms with E-state index in [1.54, 1.807) is 14.0 Å². The van der Waals surface area contributed by atoms with Gasteiger partial charge in [-0.15, -0.1) is 0 Å². The molecule has 6 heteroatoms. The van der Waals surface area contributed by atoms with Crippen LogP contribution in [0.1, 0.15) is 31.7 Å². The van der Waals surface area contributed by atoms with Gasteiger partial charge in [-0.05, 0) is 24.8 Å². The summed E-state index contributed by atoms with van der Waals surface area (Å²) in [5.41, 5.74) is 1.12. The molecule has 0 N–H and O–H groups in total. The number of hydrogen-bond donors (Lipinski definition) is 0. The van der Waals surface area contributed by atoms with Gasteiger partial charge in [-0.25, -0.2) is 0 Å². The monoisotopic (exact) mass is 360 g/mol. The molecule has 2 bridgehead atoms. The first-order valence-corrected chi connectivity index (χ1v) is 9.60. The fraction of sp³-hybridized carbons (Fsp3) is 0.650. The second kappa shape index (κ2) is 7.35. The molecule has 0 aliphatic carbocycles. The fourth-order valence-electron chi connectivity index (χ4n) is 4.39. The molecule has 3 saturated heterocycles. The maximum Gasteiger partial charge on any atom is 0.219 e. The Kier molecular flexibility index (Phi) is 4.94. The van der Waals surface area contributed by atoms with Crippen LogP contribution in [0.5, 0.6) is 17.2 Å². The third-order valence-electron chi connectivity index (χ3n) is 5.80. The van der Waals surface area contributed by atoms with Gasteiger partial charge in [0.15, 0.2) is 11.5 Å². The lowest BCUT2D eigenvalue weighted by Crippen LogP contribution is -2.43. The molecule has 3 fully saturated rings. The number of ether oxygens (including phenoxy) is 3. The molecule has 6 nitrogen and oxygen atoms in total. The zero-order valence-electron chi connectivity index (χ0n) is 15.7. The predicted molar refractivity (Wildman–Crippen MR) is 97.8 cm³/mol. The van der Waals surface area contributed by atoms with E-state index in [-0.39, 0.29) is 5.91 Å². The van der Waals surface area contributed by atoms with E-state index < -0.39 is 0 Å². The number of methoxy groups -OCH3 is 1. The van der Waals surface area contributed by atoms with Crippen molar-refractivity contribution in [2.45, 2.75) is 38.8 Å². The molecule has 1 amide bonds. The van der Waals surface area contributed by atoms with Gasteiger partial charge in [0.2, 0.25) is 5.91 Å². The molecule has 2 atom stereocenters. The molecular weight excluding hydrogens is 332 g/mol. The van der Waals surface area contributed by atoms with E-state index in [1.165, 1.54) is 6.42 Å². The van der Waals surface area contributed by atoms with Gasteiger partial charge in [0.1, 0.15) is 5.75 Å². The molecule has 26 heavy (non-hydrogen) atoms. The normalized spacial score (nSPS) is 25.5. The topological polar surface area (TPSA) is 51.2 Å². The van der Waals surface area contributed by atoms with Gasteiger partial charge < -0.3 is 19.1 Å². The molecule has 0 aromatic heterocycles. The van der Waals surface area contributed by atoms with Crippen molar-refractivity contribution >= 4 is 5.91 Å². The molecule has 1 aromatic carbocycles. The molecule has 4 heterocycles. The summed E-state index contributed by atoms with van der Waals surface area (Å²) < 4.78 is 17.3. The Bertz CT molecular complexity index is 678. The lowest BCUT2D eigenvalue weighted by atomic mass is 9.94. The van der Waals surface area contributed by atoms with E-state index in [0.29, 0.717) is 25.2 Å². The number of amides is 1. The van der Waals surface area contributed by atoms with Gasteiger partial charge in [0, 0.05) is 57.2 Å². The number of carbonyl (C=O) groups excluding carboxylic acids is 1. The summed E-state index contributed by atoms with van der Waals surface area (Å²) in [7, 11) is 1.70. The molecule has 0 radical (unpaired) electrons. The largest absolute Gasteiger partial charge is 0.496 e. The summed E-state index contributed by atoms with van der Waals surface area (Å²) in [6, 6.07) is 4.44. The van der Waals surface area contributed by atoms with E-state index in [2.05, 4.69) is 11.0 Å². The van der Waals surface area contributed by atoms with Crippen molar-refractivity contribution in [3.05, 3.63) is 17.7 Å². The highest BCUT2D eigenvalue weighted by molar-refractivity contribution is 5.73. The number of rotatable bonds is 3. The number of nitrogens with zero attached hydrogens (tertiary/aromatic N) is 2. The van der Waals surface area contributed by atoms with Gasteiger partial charge in [-0.1, -0.05) is 0 Å². The second-order valence-corrected chi connectivity index (χ2v) is 7.61. The maximum atomic E-state index is 11.9. The van der Waals surface area contributed by atoms with Crippen molar-refractivity contribution in [3.8, 4) is 17.2 Å². The number of carbonyl (C=O) groups is 1. The minimum atomic E-state index is 0.192. The molecule has 0 unspecified atom stereocenters. The van der Waals surface area contributed by atoms with Crippen molar-refractivity contribution in [2.24, 2.45) is 5.92 Å². The standard InChI is InChI=1S/C20H28N2O4/c1-14(23)21-10-15-4-5-17(13-21)22(11-15)12-16-8-19-20(9-18(16)24-2)26-7-3-6-25-19/h8-9,15,17H,3-7,10-13H2,1-2H3/t15-,17+/m0/s1. The highest BCUT2D eigenvalue weighted by Gasteiger charge is 2.36. The Morgan fingerprint density at radius 2 is 1.92 bits per heavy atom. The lowest BCUT2D eigenvalue weighted by Gasteiger charge is -2.36. The van der Waals surface area contributed by atoms with Crippen LogP contribution in [0.3, 0.4) is 0 Å². The molecule has 142 valence electrons. The van der Waals surface area contributed by atoms with Crippen LogP contribution < -0.4 is 14.2 Å². The van der Waals surface area contributed by atoms with E-state index in [9.17, 15) is 4.79 Å². The first-order chi connectivity index (χ1) is 12.6. The van der Waals surface area contributed by atoms with Crippen LogP contribution >= 0.6 is 0 Å². The third-order valence-corrected chi connectivity index (χ3v) is 5.80. The van der Waals surface area contributed by atoms with Crippen molar-refractivity contribution in [3.63, 3.8) is 0 Å². The molecular formula is C20H28N2O4. The Labute approximate surface area is 155 Å². The van der Waals surface area contributed by atoms with Crippen molar-refractivity contribution in [1.29, 1.82) is 0 Å². The quantitative estimate of drug-likeness (QED) is 0.828. The Morgan fingerprint density at radius 1 is 1.15 bits per heavy atom. The summed E-state index contributed by atoms with van der Waals surface area (Å²) in [5, 5.41) is 0. The Morgan fingerprint density at radius 3 is 2.65 bits per heavy atom. The number of benzene rings is 1. The number of hydrogen-bond acceptors (Lipinski definition) is 5. The first-order valence-electron chi connectivity index (χ1n) is 9.60. The predicted octanol–water partition coefficient (Wildman–Crippen LogP) is 2.30. The highest BCUT2D eigenvalue weighted by atomic mass is 16.5. The highest BCUT2D eigenvalue weighted by Crippen LogP contribution is 2.38. The van der Waals surface area contributed by atoms with E-state index in [1.807, 2.05) is 11.0 Å². The summed E-state index contributed by atoms with van der Waals surface area (Å²) in [5.74, 6) is 3.17. The van der Waals surface area contributed by atoms with Crippen LogP contribution in [0.2, 0.25) is 0 Å². The van der Waals surface area contributed by atoms with Crippen LogP contribution in [0.15, 0.2) is 12.1 Å². The second-order valence-electron chi connectivity index (χ2n) is 7.61. The summed E-state index contributed by atoms with van der Waals surface area (Å²) in [6.07, 6.45) is 3.26. The fourth-order valence-corrected chi connectivity index (χ4v) is 4.39. The Hall–Kier alpha value is -1.95. The lowest BCUT2D eigenvalue weighted by molar-refractivity contribution is -0.129. The molecule has 4 aliphatic heterocycles. The molecule has 0 saturated carbocycles. The van der Waals surface area contributed by atoms with Crippen LogP contribution in [-0.4, -0.2) is 61.7 Å². The molecule has 4 aliphatic rings. The van der Waals surface area contributed by atoms with E-state index in [0.717, 1.165) is 61.8 Å². The zero-order chi connectivity index (χ0) is 18.1. The molecule has 1 aromatic rings. The van der Waals surface area contributed by atoms with Crippen molar-refractivity contribution in [2.75, 3.05) is 40.0 Å². The minimum Gasteiger partial charge on any atom is -0.496 e. The first kappa shape index (κ1) is 17.5. The number of fused-ring (bicyclic) bond motifs is 5. The maximum absolute atomic E-state index is 11.9. The molecule has 5 rings (SSSR count). The SMILES string of the molecule is COc1cc2c(cc1CN1C[C@H]3CC[C@@H]1CN(C(C)=O)C3)OCCCO2. The third kappa shape index (κ3) is 3.47. The van der Waals surface area contributed by atoms with Gasteiger partial charge in [0.25, 0.3) is 0 Å². The van der Waals surface area contributed by atoms with Crippen LogP contribution in [-0.2, 0) is 11.3 Å². The van der Waals surface area contributed by atoms with Crippen molar-refractivity contribution < 1.29 is 19.0 Å². The summed E-state index contributed by atoms with van der Waals surface area (Å²) in [6.45, 7) is 6.60. The molecule has 0 spiro atoms. The summed E-state index contributed by atoms with van der Waals surface area (Å²) >= 11 is 0. The number of piperidine rings is 1. The van der Waals surface area contributed by atoms with Gasteiger partial charge in [0.05, 0.1) is 20.3 Å². The van der Waals surface area contributed by atoms with Gasteiger partial charge in [-0.2, -0.15) is 0 Å². The van der Waals surface area contributed by atoms with E-state index in [4.69, 9.17) is 14.2 Å². The Balaban J connectivity index is 1.57. The summed E-state index contributed by atoms with van der Waals surface area (Å²) in [4.78, 5) is 16.4. The van der Waals surface area contributed by atoms with Crippen molar-refractivity contribution in [1.82, 2.24) is 9.80 Å². The van der Waals surface area contributed by atoms with Gasteiger partial charge >= 0.3 is 0 Å². The minimum absolute atomic E-state index is 0.192. The average molecular weight is 360 g/mol. The van der Waals surface area contributed by atoms with Crippen LogP contribution in [0, 0.1) is 5.92 Å². The zero-order valence-corrected chi connectivity index (χ0v) is 15.7.